The second-order valence-electron chi connectivity index (χ2n) is 9.35. The van der Waals surface area contributed by atoms with Gasteiger partial charge in [-0.1, -0.05) is 17.7 Å². The lowest BCUT2D eigenvalue weighted by molar-refractivity contribution is 0.122. The number of hydrogen-bond donors (Lipinski definition) is 1. The molecular formula is C29H28ClN5OS. The van der Waals surface area contributed by atoms with E-state index in [0.717, 1.165) is 59.7 Å². The van der Waals surface area contributed by atoms with Crippen molar-refractivity contribution in [2.75, 3.05) is 36.1 Å². The van der Waals surface area contributed by atoms with Gasteiger partial charge in [0.1, 0.15) is 6.04 Å². The van der Waals surface area contributed by atoms with Crippen LogP contribution in [0.25, 0.3) is 5.69 Å². The average molecular weight is 530 g/mol. The maximum atomic E-state index is 6.34. The summed E-state index contributed by atoms with van der Waals surface area (Å²) in [6.07, 6.45) is 3.92. The third-order valence-corrected chi connectivity index (χ3v) is 7.84. The molecule has 0 bridgehead atoms. The molecule has 0 aliphatic carbocycles. The predicted molar refractivity (Wildman–Crippen MR) is 153 cm³/mol. The average Bonchev–Trinajstić information content (AvgIpc) is 3.56. The van der Waals surface area contributed by atoms with Crippen LogP contribution in [0.5, 0.6) is 0 Å². The van der Waals surface area contributed by atoms with E-state index in [-0.39, 0.29) is 12.1 Å². The molecule has 8 heteroatoms. The number of nitrogens with one attached hydrogen (secondary N) is 1. The Balaban J connectivity index is 1.42. The van der Waals surface area contributed by atoms with Crippen molar-refractivity contribution in [2.45, 2.75) is 19.0 Å². The minimum atomic E-state index is -0.116. The van der Waals surface area contributed by atoms with Gasteiger partial charge in [-0.15, -0.1) is 0 Å². The normalized spacial score (nSPS) is 19.8. The van der Waals surface area contributed by atoms with Crippen LogP contribution in [0, 0.1) is 6.92 Å². The summed E-state index contributed by atoms with van der Waals surface area (Å²) < 4.78 is 7.74. The summed E-state index contributed by atoms with van der Waals surface area (Å²) in [7, 11) is 0. The Kier molecular flexibility index (Phi) is 6.59. The second-order valence-corrected chi connectivity index (χ2v) is 10.1. The maximum absolute atomic E-state index is 6.34. The molecule has 0 amide bonds. The van der Waals surface area contributed by atoms with Crippen molar-refractivity contribution in [3.05, 3.63) is 107 Å². The van der Waals surface area contributed by atoms with Gasteiger partial charge in [0.05, 0.1) is 24.9 Å². The summed E-state index contributed by atoms with van der Waals surface area (Å²) in [6, 6.07) is 24.8. The highest BCUT2D eigenvalue weighted by atomic mass is 35.5. The Labute approximate surface area is 227 Å². The van der Waals surface area contributed by atoms with Crippen LogP contribution in [-0.2, 0) is 4.74 Å². The van der Waals surface area contributed by atoms with Crippen molar-refractivity contribution in [3.63, 3.8) is 0 Å². The smallest absolute Gasteiger partial charge is 0.174 e. The van der Waals surface area contributed by atoms with E-state index in [1.807, 2.05) is 31.3 Å². The molecule has 2 aliphatic rings. The molecule has 1 N–H and O–H groups in total. The number of morpholine rings is 1. The largest absolute Gasteiger partial charge is 0.378 e. The highest BCUT2D eigenvalue weighted by molar-refractivity contribution is 7.80. The monoisotopic (exact) mass is 529 g/mol. The summed E-state index contributed by atoms with van der Waals surface area (Å²) in [4.78, 5) is 9.26. The van der Waals surface area contributed by atoms with Crippen molar-refractivity contribution >= 4 is 40.3 Å². The van der Waals surface area contributed by atoms with E-state index in [9.17, 15) is 0 Å². The first-order chi connectivity index (χ1) is 18.1. The third-order valence-electron chi connectivity index (χ3n) is 7.11. The number of nitrogens with zero attached hydrogens (tertiary/aromatic N) is 4. The molecule has 2 fully saturated rings. The molecule has 0 unspecified atom stereocenters. The van der Waals surface area contributed by atoms with Crippen LogP contribution in [-0.4, -0.2) is 41.0 Å². The van der Waals surface area contributed by atoms with Crippen molar-refractivity contribution in [2.24, 2.45) is 0 Å². The van der Waals surface area contributed by atoms with Crippen molar-refractivity contribution in [1.29, 1.82) is 0 Å². The topological polar surface area (TPSA) is 45.6 Å². The number of rotatable bonds is 5. The standard InChI is InChI=1S/C29H28ClN5OS/c1-20-19-23(11-12-24(20)30)34-14-4-6-26(34)28-27(25-5-2-3-13-31-25)32-29(37)35(28)22-9-7-21(8-10-22)33-15-17-36-18-16-33/h2-14,19,27-28H,15-18H2,1H3,(H,32,37)/t27-,28+/m1/s1. The van der Waals surface area contributed by atoms with Gasteiger partial charge in [0.15, 0.2) is 5.11 Å². The second kappa shape index (κ2) is 10.2. The van der Waals surface area contributed by atoms with Crippen LogP contribution < -0.4 is 15.1 Å². The van der Waals surface area contributed by atoms with E-state index < -0.39 is 0 Å². The van der Waals surface area contributed by atoms with Crippen molar-refractivity contribution in [1.82, 2.24) is 14.9 Å². The Hall–Kier alpha value is -3.39. The fraction of sp³-hybridized carbons (Fsp3) is 0.241. The SMILES string of the molecule is Cc1cc(-n2cccc2[C@H]2[C@@H](c3ccccn3)NC(=S)N2c2ccc(N3CCOCC3)cc2)ccc1Cl. The van der Waals surface area contributed by atoms with Crippen LogP contribution in [0.3, 0.4) is 0 Å². The van der Waals surface area contributed by atoms with E-state index >= 15 is 0 Å². The Morgan fingerprint density at radius 1 is 0.946 bits per heavy atom. The summed E-state index contributed by atoms with van der Waals surface area (Å²) in [5.74, 6) is 0. The highest BCUT2D eigenvalue weighted by Crippen LogP contribution is 2.42. The minimum absolute atomic E-state index is 0.109. The van der Waals surface area contributed by atoms with Gasteiger partial charge in [0, 0.05) is 53.3 Å². The number of halogens is 1. The number of pyridine rings is 1. The molecular weight excluding hydrogens is 502 g/mol. The number of aryl methyl sites for hydroxylation is 1. The Morgan fingerprint density at radius 3 is 2.43 bits per heavy atom. The number of anilines is 2. The molecule has 2 saturated heterocycles. The van der Waals surface area contributed by atoms with E-state index in [1.165, 1.54) is 5.69 Å². The molecule has 0 spiro atoms. The lowest BCUT2D eigenvalue weighted by Gasteiger charge is -2.31. The molecule has 188 valence electrons. The highest BCUT2D eigenvalue weighted by Gasteiger charge is 2.42. The minimum Gasteiger partial charge on any atom is -0.378 e. The summed E-state index contributed by atoms with van der Waals surface area (Å²) >= 11 is 12.3. The van der Waals surface area contributed by atoms with Gasteiger partial charge >= 0.3 is 0 Å². The van der Waals surface area contributed by atoms with Gasteiger partial charge in [-0.25, -0.2) is 0 Å². The molecule has 2 aromatic heterocycles. The fourth-order valence-electron chi connectivity index (χ4n) is 5.23. The predicted octanol–water partition coefficient (Wildman–Crippen LogP) is 5.85. The van der Waals surface area contributed by atoms with Gasteiger partial charge in [-0.3, -0.25) is 4.98 Å². The fourth-order valence-corrected chi connectivity index (χ4v) is 5.69. The number of ether oxygens (including phenoxy) is 1. The van der Waals surface area contributed by atoms with Crippen molar-refractivity contribution < 1.29 is 4.74 Å². The van der Waals surface area contributed by atoms with Crippen molar-refractivity contribution in [3.8, 4) is 5.69 Å². The van der Waals surface area contributed by atoms with Crippen LogP contribution >= 0.6 is 23.8 Å². The Bertz CT molecular complexity index is 1400. The molecule has 2 aromatic carbocycles. The first-order valence-electron chi connectivity index (χ1n) is 12.5. The molecule has 2 aliphatic heterocycles. The zero-order chi connectivity index (χ0) is 25.4. The van der Waals surface area contributed by atoms with E-state index in [1.54, 1.807) is 0 Å². The van der Waals surface area contributed by atoms with Gasteiger partial charge in [0.2, 0.25) is 0 Å². The van der Waals surface area contributed by atoms with Gasteiger partial charge < -0.3 is 24.4 Å². The van der Waals surface area contributed by atoms with Crippen LogP contribution in [0.1, 0.15) is 29.0 Å². The van der Waals surface area contributed by atoms with Gasteiger partial charge in [0.25, 0.3) is 0 Å². The molecule has 0 saturated carbocycles. The number of hydrogen-bond acceptors (Lipinski definition) is 4. The van der Waals surface area contributed by atoms with E-state index in [2.05, 4.69) is 80.5 Å². The lowest BCUT2D eigenvalue weighted by atomic mass is 10.0. The first-order valence-corrected chi connectivity index (χ1v) is 13.3. The quantitative estimate of drug-likeness (QED) is 0.327. The maximum Gasteiger partial charge on any atom is 0.174 e. The van der Waals surface area contributed by atoms with Crippen LogP contribution in [0.15, 0.2) is 85.2 Å². The van der Waals surface area contributed by atoms with E-state index in [4.69, 9.17) is 33.5 Å². The zero-order valence-electron chi connectivity index (χ0n) is 20.5. The summed E-state index contributed by atoms with van der Waals surface area (Å²) in [5.41, 5.74) is 6.39. The van der Waals surface area contributed by atoms with Crippen LogP contribution in [0.2, 0.25) is 5.02 Å². The Morgan fingerprint density at radius 2 is 1.70 bits per heavy atom. The van der Waals surface area contributed by atoms with Gasteiger partial charge in [-0.2, -0.15) is 0 Å². The lowest BCUT2D eigenvalue weighted by Crippen LogP contribution is -2.36. The van der Waals surface area contributed by atoms with Gasteiger partial charge in [-0.05, 0) is 91.4 Å². The first kappa shape index (κ1) is 24.0. The van der Waals surface area contributed by atoms with E-state index in [0.29, 0.717) is 5.11 Å². The number of benzene rings is 2. The zero-order valence-corrected chi connectivity index (χ0v) is 22.1. The van der Waals surface area contributed by atoms with Crippen LogP contribution in [0.4, 0.5) is 11.4 Å². The molecule has 4 heterocycles. The summed E-state index contributed by atoms with van der Waals surface area (Å²) in [6.45, 7) is 5.36. The molecule has 6 nitrogen and oxygen atoms in total. The molecule has 4 aromatic rings. The molecule has 0 radical (unpaired) electrons. The number of thiocarbonyl (C=S) groups is 1. The number of aromatic nitrogens is 2. The third kappa shape index (κ3) is 4.59. The molecule has 37 heavy (non-hydrogen) atoms. The molecule has 6 rings (SSSR count). The summed E-state index contributed by atoms with van der Waals surface area (Å²) in [5, 5.41) is 5.01. The molecule has 2 atom stereocenters.